The smallest absolute Gasteiger partial charge is 0.0114 e. The summed E-state index contributed by atoms with van der Waals surface area (Å²) in [5.74, 6) is 2.74. The van der Waals surface area contributed by atoms with Gasteiger partial charge < -0.3 is 5.32 Å². The summed E-state index contributed by atoms with van der Waals surface area (Å²) in [7, 11) is 2.10. The van der Waals surface area contributed by atoms with Gasteiger partial charge in [-0.15, -0.1) is 12.3 Å². The number of fused-ring (bicyclic) bond motifs is 2. The van der Waals surface area contributed by atoms with Gasteiger partial charge in [-0.1, -0.05) is 0 Å². The molecule has 2 heterocycles. The van der Waals surface area contributed by atoms with E-state index in [9.17, 15) is 0 Å². The molecule has 2 unspecified atom stereocenters. The zero-order chi connectivity index (χ0) is 10.7. The van der Waals surface area contributed by atoms with Crippen LogP contribution in [0.25, 0.3) is 0 Å². The highest BCUT2D eigenvalue weighted by molar-refractivity contribution is 4.97. The first-order valence-corrected chi connectivity index (χ1v) is 6.21. The lowest BCUT2D eigenvalue weighted by Crippen LogP contribution is -2.48. The van der Waals surface area contributed by atoms with Crippen molar-refractivity contribution in [2.45, 2.75) is 56.7 Å². The highest BCUT2D eigenvalue weighted by atomic mass is 15.2. The molecule has 0 spiro atoms. The maximum atomic E-state index is 5.29. The molecule has 2 bridgehead atoms. The fourth-order valence-electron chi connectivity index (χ4n) is 3.24. The van der Waals surface area contributed by atoms with Crippen LogP contribution in [0, 0.1) is 12.3 Å². The summed E-state index contributed by atoms with van der Waals surface area (Å²) >= 11 is 0. The van der Waals surface area contributed by atoms with Gasteiger partial charge in [0.2, 0.25) is 0 Å². The minimum absolute atomic E-state index is 0.756. The van der Waals surface area contributed by atoms with Crippen LogP contribution in [0.3, 0.4) is 0 Å². The Labute approximate surface area is 93.4 Å². The highest BCUT2D eigenvalue weighted by Crippen LogP contribution is 2.35. The Kier molecular flexibility index (Phi) is 3.66. The first-order chi connectivity index (χ1) is 7.35. The van der Waals surface area contributed by atoms with Gasteiger partial charge in [-0.25, -0.2) is 0 Å². The quantitative estimate of drug-likeness (QED) is 0.555. The van der Waals surface area contributed by atoms with Crippen molar-refractivity contribution in [3.8, 4) is 12.3 Å². The maximum Gasteiger partial charge on any atom is 0.0114 e. The van der Waals surface area contributed by atoms with E-state index in [4.69, 9.17) is 6.42 Å². The van der Waals surface area contributed by atoms with Gasteiger partial charge in [0.05, 0.1) is 0 Å². The van der Waals surface area contributed by atoms with Crippen molar-refractivity contribution < 1.29 is 0 Å². The second-order valence-corrected chi connectivity index (χ2v) is 4.89. The molecule has 0 amide bonds. The van der Waals surface area contributed by atoms with Crippen molar-refractivity contribution in [1.29, 1.82) is 0 Å². The molecule has 0 aromatic rings. The molecular formula is C13H22N2. The number of nitrogens with zero attached hydrogens (tertiary/aromatic N) is 1. The van der Waals surface area contributed by atoms with Crippen molar-refractivity contribution in [1.82, 2.24) is 10.2 Å². The minimum atomic E-state index is 0.756. The van der Waals surface area contributed by atoms with E-state index in [1.807, 2.05) is 0 Å². The topological polar surface area (TPSA) is 15.3 Å². The highest BCUT2D eigenvalue weighted by Gasteiger charge is 2.39. The summed E-state index contributed by atoms with van der Waals surface area (Å²) in [5, 5.41) is 3.43. The van der Waals surface area contributed by atoms with Gasteiger partial charge in [0.15, 0.2) is 0 Å². The van der Waals surface area contributed by atoms with E-state index in [2.05, 4.69) is 23.2 Å². The lowest BCUT2D eigenvalue weighted by atomic mass is 9.97. The molecule has 2 fully saturated rings. The van der Waals surface area contributed by atoms with Crippen LogP contribution in [0.5, 0.6) is 0 Å². The third kappa shape index (κ3) is 2.35. The predicted molar refractivity (Wildman–Crippen MR) is 63.7 cm³/mol. The molecule has 15 heavy (non-hydrogen) atoms. The van der Waals surface area contributed by atoms with Crippen molar-refractivity contribution in [3.63, 3.8) is 0 Å². The van der Waals surface area contributed by atoms with Gasteiger partial charge in [-0.05, 0) is 45.7 Å². The summed E-state index contributed by atoms with van der Waals surface area (Å²) in [6.45, 7) is 1.22. The molecule has 2 aliphatic rings. The van der Waals surface area contributed by atoms with Gasteiger partial charge in [0.1, 0.15) is 0 Å². The Bertz CT molecular complexity index is 229. The van der Waals surface area contributed by atoms with Crippen LogP contribution in [0.4, 0.5) is 0 Å². The third-order valence-corrected chi connectivity index (χ3v) is 4.03. The zero-order valence-electron chi connectivity index (χ0n) is 9.71. The van der Waals surface area contributed by atoms with E-state index >= 15 is 0 Å². The first kappa shape index (κ1) is 11.0. The average molecular weight is 206 g/mol. The largest absolute Gasteiger partial charge is 0.317 e. The molecule has 2 heteroatoms. The van der Waals surface area contributed by atoms with Gasteiger partial charge >= 0.3 is 0 Å². The summed E-state index contributed by atoms with van der Waals surface area (Å²) in [5.41, 5.74) is 0. The molecule has 0 aromatic heterocycles. The van der Waals surface area contributed by atoms with Crippen molar-refractivity contribution in [2.24, 2.45) is 0 Å². The van der Waals surface area contributed by atoms with Gasteiger partial charge in [-0.2, -0.15) is 0 Å². The SMILES string of the molecule is C#CCCCN1C2CCC1CC(NC)C2. The molecule has 2 saturated heterocycles. The van der Waals surface area contributed by atoms with E-state index in [0.717, 1.165) is 24.5 Å². The Hall–Kier alpha value is -0.520. The number of hydrogen-bond donors (Lipinski definition) is 1. The summed E-state index contributed by atoms with van der Waals surface area (Å²) < 4.78 is 0. The number of hydrogen-bond acceptors (Lipinski definition) is 2. The number of terminal acetylenes is 1. The molecule has 0 aromatic carbocycles. The maximum absolute atomic E-state index is 5.29. The number of piperidine rings is 1. The minimum Gasteiger partial charge on any atom is -0.317 e. The van der Waals surface area contributed by atoms with Crippen molar-refractivity contribution >= 4 is 0 Å². The van der Waals surface area contributed by atoms with Gasteiger partial charge in [0.25, 0.3) is 0 Å². The number of nitrogens with one attached hydrogen (secondary N) is 1. The molecule has 0 radical (unpaired) electrons. The van der Waals surface area contributed by atoms with E-state index < -0.39 is 0 Å². The fraction of sp³-hybridized carbons (Fsp3) is 0.846. The molecule has 2 nitrogen and oxygen atoms in total. The predicted octanol–water partition coefficient (Wildman–Crippen LogP) is 1.61. The first-order valence-electron chi connectivity index (χ1n) is 6.21. The second-order valence-electron chi connectivity index (χ2n) is 4.89. The zero-order valence-corrected chi connectivity index (χ0v) is 9.71. The Morgan fingerprint density at radius 1 is 1.33 bits per heavy atom. The van der Waals surface area contributed by atoms with Crippen LogP contribution in [-0.4, -0.2) is 36.6 Å². The lowest BCUT2D eigenvalue weighted by molar-refractivity contribution is 0.118. The van der Waals surface area contributed by atoms with Crippen LogP contribution in [0.15, 0.2) is 0 Å². The van der Waals surface area contributed by atoms with E-state index in [0.29, 0.717) is 0 Å². The Morgan fingerprint density at radius 3 is 2.53 bits per heavy atom. The van der Waals surface area contributed by atoms with E-state index in [-0.39, 0.29) is 0 Å². The third-order valence-electron chi connectivity index (χ3n) is 4.03. The number of rotatable bonds is 4. The van der Waals surface area contributed by atoms with E-state index in [1.165, 1.54) is 38.6 Å². The molecule has 0 aliphatic carbocycles. The normalized spacial score (nSPS) is 35.3. The molecule has 2 atom stereocenters. The molecule has 2 aliphatic heterocycles. The lowest BCUT2D eigenvalue weighted by Gasteiger charge is -2.38. The summed E-state index contributed by atoms with van der Waals surface area (Å²) in [6, 6.07) is 2.42. The van der Waals surface area contributed by atoms with Gasteiger partial charge in [0, 0.05) is 24.5 Å². The molecule has 84 valence electrons. The molecule has 2 rings (SSSR count). The van der Waals surface area contributed by atoms with Crippen LogP contribution in [0.1, 0.15) is 38.5 Å². The van der Waals surface area contributed by atoms with Crippen LogP contribution >= 0.6 is 0 Å². The second kappa shape index (κ2) is 5.01. The van der Waals surface area contributed by atoms with Crippen LogP contribution < -0.4 is 5.32 Å². The standard InChI is InChI=1S/C13H22N2/c1-3-4-5-8-15-12-6-7-13(15)10-11(9-12)14-2/h1,11-14H,4-10H2,2H3. The summed E-state index contributed by atoms with van der Waals surface area (Å²) in [6.07, 6.45) is 12.9. The fourth-order valence-corrected chi connectivity index (χ4v) is 3.24. The van der Waals surface area contributed by atoms with Crippen LogP contribution in [0.2, 0.25) is 0 Å². The molecule has 1 N–H and O–H groups in total. The molecule has 0 saturated carbocycles. The Balaban J connectivity index is 1.85. The van der Waals surface area contributed by atoms with Crippen LogP contribution in [-0.2, 0) is 0 Å². The van der Waals surface area contributed by atoms with E-state index in [1.54, 1.807) is 0 Å². The molecular weight excluding hydrogens is 184 g/mol. The van der Waals surface area contributed by atoms with Crippen molar-refractivity contribution in [2.75, 3.05) is 13.6 Å². The number of unbranched alkanes of at least 4 members (excludes halogenated alkanes) is 1. The Morgan fingerprint density at radius 2 is 2.00 bits per heavy atom. The monoisotopic (exact) mass is 206 g/mol. The van der Waals surface area contributed by atoms with Gasteiger partial charge in [-0.3, -0.25) is 4.90 Å². The summed E-state index contributed by atoms with van der Waals surface area (Å²) in [4.78, 5) is 2.71. The average Bonchev–Trinajstić information content (AvgIpc) is 2.51. The van der Waals surface area contributed by atoms with Crippen molar-refractivity contribution in [3.05, 3.63) is 0 Å².